The minimum absolute atomic E-state index is 0.0165. The summed E-state index contributed by atoms with van der Waals surface area (Å²) in [5.41, 5.74) is -3.77. The van der Waals surface area contributed by atoms with Gasteiger partial charge in [0.05, 0.1) is 22.7 Å². The van der Waals surface area contributed by atoms with Crippen LogP contribution in [0.4, 0.5) is 26.3 Å². The molecule has 1 atom stereocenters. The van der Waals surface area contributed by atoms with Crippen LogP contribution in [0.3, 0.4) is 0 Å². The Morgan fingerprint density at radius 3 is 2.25 bits per heavy atom. The maximum atomic E-state index is 13.1. The highest BCUT2D eigenvalue weighted by Crippen LogP contribution is 2.45. The first-order valence-electron chi connectivity index (χ1n) is 6.94. The van der Waals surface area contributed by atoms with Crippen LogP contribution in [-0.2, 0) is 12.4 Å². The molecule has 0 aromatic heterocycles. The van der Waals surface area contributed by atoms with Crippen molar-refractivity contribution in [2.45, 2.75) is 18.4 Å². The molecule has 1 aromatic carbocycles. The van der Waals surface area contributed by atoms with E-state index in [1.807, 2.05) is 0 Å². The van der Waals surface area contributed by atoms with Crippen LogP contribution in [0, 0.1) is 0 Å². The Morgan fingerprint density at radius 2 is 1.71 bits per heavy atom. The first-order valence-corrected chi connectivity index (χ1v) is 6.94. The van der Waals surface area contributed by atoms with E-state index in [9.17, 15) is 31.1 Å². The molecule has 1 amide bonds. The lowest BCUT2D eigenvalue weighted by Gasteiger charge is -2.30. The Bertz CT molecular complexity index is 653. The highest BCUT2D eigenvalue weighted by Gasteiger charge is 2.47. The quantitative estimate of drug-likeness (QED) is 0.571. The Morgan fingerprint density at radius 1 is 1.08 bits per heavy atom. The molecular weight excluding hydrogens is 338 g/mol. The summed E-state index contributed by atoms with van der Waals surface area (Å²) in [5, 5.41) is 2.88. The smallest absolute Gasteiger partial charge is 0.329 e. The minimum Gasteiger partial charge on any atom is -0.329 e. The number of hydrogen-bond acceptors (Lipinski definition) is 2. The molecule has 0 aliphatic carbocycles. The number of benzene rings is 1. The van der Waals surface area contributed by atoms with Gasteiger partial charge in [-0.25, -0.2) is 0 Å². The van der Waals surface area contributed by atoms with E-state index >= 15 is 0 Å². The Kier molecular flexibility index (Phi) is 4.67. The van der Waals surface area contributed by atoms with E-state index in [0.29, 0.717) is 12.6 Å². The van der Waals surface area contributed by atoms with Crippen molar-refractivity contribution in [1.29, 1.82) is 0 Å². The number of carbonyl (C=O) groups excluding carboxylic acids is 1. The van der Waals surface area contributed by atoms with Gasteiger partial charge in [-0.3, -0.25) is 4.79 Å². The van der Waals surface area contributed by atoms with Crippen LogP contribution in [0.2, 0.25) is 0 Å². The van der Waals surface area contributed by atoms with Gasteiger partial charge in [-0.2, -0.15) is 26.3 Å². The zero-order valence-corrected chi connectivity index (χ0v) is 12.4. The van der Waals surface area contributed by atoms with Crippen molar-refractivity contribution in [2.75, 3.05) is 19.6 Å². The Balaban J connectivity index is 0.00000100. The van der Waals surface area contributed by atoms with Crippen LogP contribution in [-0.4, -0.2) is 30.4 Å². The summed E-state index contributed by atoms with van der Waals surface area (Å²) in [6.45, 7) is 6.69. The number of rotatable bonds is 0. The van der Waals surface area contributed by atoms with Crippen molar-refractivity contribution >= 4 is 5.91 Å². The van der Waals surface area contributed by atoms with Gasteiger partial charge in [-0.1, -0.05) is 0 Å². The second-order valence-corrected chi connectivity index (χ2v) is 5.20. The van der Waals surface area contributed by atoms with Gasteiger partial charge in [0.25, 0.3) is 5.91 Å². The highest BCUT2D eigenvalue weighted by molar-refractivity contribution is 6.01. The summed E-state index contributed by atoms with van der Waals surface area (Å²) in [5.74, 6) is -0.859. The van der Waals surface area contributed by atoms with E-state index in [0.717, 1.165) is 0 Å². The summed E-state index contributed by atoms with van der Waals surface area (Å²) in [6, 6.07) is -0.123. The maximum Gasteiger partial charge on any atom is 0.417 e. The fourth-order valence-corrected chi connectivity index (χ4v) is 2.92. The number of piperazine rings is 1. The molecule has 0 saturated carbocycles. The van der Waals surface area contributed by atoms with Gasteiger partial charge in [-0.05, 0) is 17.7 Å². The standard InChI is InChI=1S/C13H10F6N2O.C2H4/c14-12(15,16)6-3-7-9-5-20-1-2-21(9)11(22)10(7)8(4-6)13(17,18)19;1-2/h3-4,9,20H,1-2,5H2;1-2H2. The van der Waals surface area contributed by atoms with Gasteiger partial charge in [0.2, 0.25) is 0 Å². The third kappa shape index (κ3) is 3.00. The van der Waals surface area contributed by atoms with Crippen molar-refractivity contribution in [3.63, 3.8) is 0 Å². The molecule has 24 heavy (non-hydrogen) atoms. The Labute approximate surface area is 133 Å². The van der Waals surface area contributed by atoms with Crippen molar-refractivity contribution in [1.82, 2.24) is 10.2 Å². The zero-order chi connectivity index (χ0) is 18.3. The molecule has 3 nitrogen and oxygen atoms in total. The second-order valence-electron chi connectivity index (χ2n) is 5.20. The lowest BCUT2D eigenvalue weighted by atomic mass is 9.95. The summed E-state index contributed by atoms with van der Waals surface area (Å²) in [7, 11) is 0. The van der Waals surface area contributed by atoms with Crippen molar-refractivity contribution in [3.8, 4) is 0 Å². The largest absolute Gasteiger partial charge is 0.417 e. The van der Waals surface area contributed by atoms with Crippen LogP contribution < -0.4 is 5.32 Å². The molecule has 1 unspecified atom stereocenters. The Hall–Kier alpha value is -2.03. The number of hydrogen-bond donors (Lipinski definition) is 1. The summed E-state index contributed by atoms with van der Waals surface area (Å²) in [4.78, 5) is 13.4. The van der Waals surface area contributed by atoms with Crippen LogP contribution in [0.25, 0.3) is 0 Å². The predicted octanol–water partition coefficient (Wildman–Crippen LogP) is 3.63. The number of nitrogens with zero attached hydrogens (tertiary/aromatic N) is 1. The molecule has 3 rings (SSSR count). The average Bonchev–Trinajstić information content (AvgIpc) is 2.80. The first-order chi connectivity index (χ1) is 11.1. The molecule has 2 heterocycles. The SMILES string of the molecule is C=C.O=C1c2c(cc(C(F)(F)F)cc2C(F)(F)F)C2CNCCN12. The molecule has 1 aromatic rings. The van der Waals surface area contributed by atoms with E-state index in [1.165, 1.54) is 4.90 Å². The van der Waals surface area contributed by atoms with Crippen LogP contribution >= 0.6 is 0 Å². The lowest BCUT2D eigenvalue weighted by Crippen LogP contribution is -2.44. The fourth-order valence-electron chi connectivity index (χ4n) is 2.92. The predicted molar refractivity (Wildman–Crippen MR) is 74.3 cm³/mol. The highest BCUT2D eigenvalue weighted by atomic mass is 19.4. The molecule has 2 aliphatic heterocycles. The monoisotopic (exact) mass is 352 g/mol. The number of halogens is 6. The molecule has 1 saturated heterocycles. The summed E-state index contributed by atoms with van der Waals surface area (Å²) >= 11 is 0. The van der Waals surface area contributed by atoms with E-state index in [4.69, 9.17) is 0 Å². The third-order valence-electron chi connectivity index (χ3n) is 3.88. The fraction of sp³-hybridized carbons (Fsp3) is 0.400. The van der Waals surface area contributed by atoms with Crippen molar-refractivity contribution in [2.24, 2.45) is 0 Å². The van der Waals surface area contributed by atoms with Gasteiger partial charge in [0, 0.05) is 19.6 Å². The van der Waals surface area contributed by atoms with Gasteiger partial charge < -0.3 is 10.2 Å². The summed E-state index contributed by atoms with van der Waals surface area (Å²) in [6.07, 6.45) is -9.93. The lowest BCUT2D eigenvalue weighted by molar-refractivity contribution is -0.143. The van der Waals surface area contributed by atoms with E-state index in [1.54, 1.807) is 0 Å². The minimum atomic E-state index is -5.02. The van der Waals surface area contributed by atoms with Crippen LogP contribution in [0.15, 0.2) is 25.3 Å². The van der Waals surface area contributed by atoms with Gasteiger partial charge in [0.15, 0.2) is 0 Å². The number of fused-ring (bicyclic) bond motifs is 3. The number of amides is 1. The first kappa shape index (κ1) is 18.3. The van der Waals surface area contributed by atoms with Gasteiger partial charge in [-0.15, -0.1) is 13.2 Å². The average molecular weight is 352 g/mol. The number of nitrogens with one attached hydrogen (secondary N) is 1. The van der Waals surface area contributed by atoms with Crippen LogP contribution in [0.1, 0.15) is 33.1 Å². The molecule has 0 bridgehead atoms. The third-order valence-corrected chi connectivity index (χ3v) is 3.88. The van der Waals surface area contributed by atoms with Crippen LogP contribution in [0.5, 0.6) is 0 Å². The maximum absolute atomic E-state index is 13.1. The molecule has 132 valence electrons. The molecular formula is C15H14F6N2O. The molecule has 9 heteroatoms. The topological polar surface area (TPSA) is 32.3 Å². The van der Waals surface area contributed by atoms with Crippen molar-refractivity contribution in [3.05, 3.63) is 47.5 Å². The van der Waals surface area contributed by atoms with Gasteiger partial charge in [0.1, 0.15) is 0 Å². The number of alkyl halides is 6. The van der Waals surface area contributed by atoms with E-state index < -0.39 is 41.0 Å². The molecule has 1 fully saturated rings. The summed E-state index contributed by atoms with van der Waals surface area (Å²) < 4.78 is 77.9. The van der Waals surface area contributed by atoms with Crippen molar-refractivity contribution < 1.29 is 31.1 Å². The molecule has 0 spiro atoms. The molecule has 2 aliphatic rings. The van der Waals surface area contributed by atoms with Gasteiger partial charge >= 0.3 is 12.4 Å². The second kappa shape index (κ2) is 6.12. The van der Waals surface area contributed by atoms with E-state index in [-0.39, 0.29) is 24.7 Å². The molecule has 1 N–H and O–H groups in total. The number of carbonyl (C=O) groups is 1. The zero-order valence-electron chi connectivity index (χ0n) is 12.4. The molecule has 0 radical (unpaired) electrons. The normalized spacial score (nSPS) is 20.2. The van der Waals surface area contributed by atoms with E-state index in [2.05, 4.69) is 18.5 Å².